The minimum Gasteiger partial charge on any atom is -0.320 e. The number of hydrogen-bond donors (Lipinski definition) is 2. The fourth-order valence-electron chi connectivity index (χ4n) is 1.38. The van der Waals surface area contributed by atoms with E-state index in [1.807, 2.05) is 7.05 Å². The molecule has 72 valence electrons. The number of nitrogens with zero attached hydrogens (tertiary/aromatic N) is 2. The van der Waals surface area contributed by atoms with Crippen LogP contribution in [-0.2, 0) is 6.42 Å². The van der Waals surface area contributed by atoms with E-state index in [9.17, 15) is 0 Å². The Hall–Kier alpha value is -0.900. The van der Waals surface area contributed by atoms with Gasteiger partial charge in [0.15, 0.2) is 5.82 Å². The molecule has 1 saturated carbocycles. The van der Waals surface area contributed by atoms with Crippen molar-refractivity contribution in [2.45, 2.75) is 31.6 Å². The van der Waals surface area contributed by atoms with Crippen molar-refractivity contribution in [3.8, 4) is 0 Å². The summed E-state index contributed by atoms with van der Waals surface area (Å²) in [6.07, 6.45) is 4.66. The van der Waals surface area contributed by atoms with Crippen molar-refractivity contribution < 1.29 is 0 Å². The van der Waals surface area contributed by atoms with E-state index in [1.165, 1.54) is 12.8 Å². The summed E-state index contributed by atoms with van der Waals surface area (Å²) in [6.45, 7) is 1.04. The zero-order valence-corrected chi connectivity index (χ0v) is 8.01. The highest BCUT2D eigenvalue weighted by atomic mass is 15.2. The standard InChI is InChI=1S/C9H16N4/c1-10-6-2-3-8-11-9(13-12-8)7-4-5-7/h7,10H,2-6H2,1H3,(H,11,12,13). The average Bonchev–Trinajstić information content (AvgIpc) is 2.88. The van der Waals surface area contributed by atoms with E-state index >= 15 is 0 Å². The second-order valence-corrected chi connectivity index (χ2v) is 3.62. The van der Waals surface area contributed by atoms with E-state index in [2.05, 4.69) is 20.5 Å². The summed E-state index contributed by atoms with van der Waals surface area (Å²) in [5, 5.41) is 10.3. The lowest BCUT2D eigenvalue weighted by Gasteiger charge is -1.94. The van der Waals surface area contributed by atoms with Gasteiger partial charge in [-0.05, 0) is 32.9 Å². The number of hydrogen-bond acceptors (Lipinski definition) is 3. The maximum absolute atomic E-state index is 4.45. The Balaban J connectivity index is 1.82. The normalized spacial score (nSPS) is 16.4. The van der Waals surface area contributed by atoms with Gasteiger partial charge in [-0.1, -0.05) is 0 Å². The third kappa shape index (κ3) is 2.28. The Kier molecular flexibility index (Phi) is 2.59. The van der Waals surface area contributed by atoms with Gasteiger partial charge in [-0.25, -0.2) is 4.98 Å². The highest BCUT2D eigenvalue weighted by molar-refractivity contribution is 5.04. The van der Waals surface area contributed by atoms with Gasteiger partial charge in [-0.2, -0.15) is 5.10 Å². The zero-order valence-electron chi connectivity index (χ0n) is 8.01. The molecule has 0 amide bonds. The molecular weight excluding hydrogens is 164 g/mol. The summed E-state index contributed by atoms with van der Waals surface area (Å²) < 4.78 is 0. The van der Waals surface area contributed by atoms with Crippen molar-refractivity contribution in [1.82, 2.24) is 20.5 Å². The number of rotatable bonds is 5. The summed E-state index contributed by atoms with van der Waals surface area (Å²) in [7, 11) is 1.97. The monoisotopic (exact) mass is 180 g/mol. The number of aromatic nitrogens is 3. The molecule has 0 spiro atoms. The molecular formula is C9H16N4. The van der Waals surface area contributed by atoms with Crippen LogP contribution in [0.5, 0.6) is 0 Å². The SMILES string of the molecule is CNCCCc1nc(C2CC2)n[nH]1. The lowest BCUT2D eigenvalue weighted by atomic mass is 10.3. The topological polar surface area (TPSA) is 53.6 Å². The van der Waals surface area contributed by atoms with Gasteiger partial charge in [0.2, 0.25) is 0 Å². The van der Waals surface area contributed by atoms with Crippen molar-refractivity contribution >= 4 is 0 Å². The molecule has 2 rings (SSSR count). The van der Waals surface area contributed by atoms with Gasteiger partial charge < -0.3 is 5.32 Å². The first-order chi connectivity index (χ1) is 6.40. The van der Waals surface area contributed by atoms with E-state index in [-0.39, 0.29) is 0 Å². The summed E-state index contributed by atoms with van der Waals surface area (Å²) in [5.41, 5.74) is 0. The van der Waals surface area contributed by atoms with Crippen LogP contribution in [0.2, 0.25) is 0 Å². The van der Waals surface area contributed by atoms with Gasteiger partial charge in [-0.3, -0.25) is 5.10 Å². The Morgan fingerprint density at radius 2 is 2.38 bits per heavy atom. The molecule has 0 saturated heterocycles. The third-order valence-electron chi connectivity index (χ3n) is 2.33. The first-order valence-corrected chi connectivity index (χ1v) is 4.96. The predicted octanol–water partition coefficient (Wildman–Crippen LogP) is 0.834. The van der Waals surface area contributed by atoms with Gasteiger partial charge in [0.25, 0.3) is 0 Å². The molecule has 1 fully saturated rings. The highest BCUT2D eigenvalue weighted by Gasteiger charge is 2.27. The number of H-pyrrole nitrogens is 1. The van der Waals surface area contributed by atoms with E-state index in [0.29, 0.717) is 5.92 Å². The zero-order chi connectivity index (χ0) is 9.10. The smallest absolute Gasteiger partial charge is 0.153 e. The van der Waals surface area contributed by atoms with Crippen LogP contribution < -0.4 is 5.32 Å². The second-order valence-electron chi connectivity index (χ2n) is 3.62. The first kappa shape index (κ1) is 8.69. The molecule has 0 radical (unpaired) electrons. The van der Waals surface area contributed by atoms with Crippen LogP contribution in [0.25, 0.3) is 0 Å². The lowest BCUT2D eigenvalue weighted by molar-refractivity contribution is 0.704. The number of nitrogens with one attached hydrogen (secondary N) is 2. The fraction of sp³-hybridized carbons (Fsp3) is 0.778. The molecule has 0 aliphatic heterocycles. The van der Waals surface area contributed by atoms with Crippen molar-refractivity contribution in [3.63, 3.8) is 0 Å². The average molecular weight is 180 g/mol. The minimum atomic E-state index is 0.661. The molecule has 2 N–H and O–H groups in total. The van der Waals surface area contributed by atoms with Gasteiger partial charge >= 0.3 is 0 Å². The third-order valence-corrected chi connectivity index (χ3v) is 2.33. The molecule has 4 heteroatoms. The first-order valence-electron chi connectivity index (χ1n) is 4.96. The van der Waals surface area contributed by atoms with Gasteiger partial charge in [-0.15, -0.1) is 0 Å². The molecule has 1 aromatic heterocycles. The van der Waals surface area contributed by atoms with Gasteiger partial charge in [0.05, 0.1) is 0 Å². The van der Waals surface area contributed by atoms with Crippen molar-refractivity contribution in [2.75, 3.05) is 13.6 Å². The predicted molar refractivity (Wildman–Crippen MR) is 50.6 cm³/mol. The quantitative estimate of drug-likeness (QED) is 0.660. The van der Waals surface area contributed by atoms with Gasteiger partial charge in [0.1, 0.15) is 5.82 Å². The van der Waals surface area contributed by atoms with Crippen LogP contribution >= 0.6 is 0 Å². The molecule has 1 aliphatic carbocycles. The molecule has 1 aliphatic rings. The summed E-state index contributed by atoms with van der Waals surface area (Å²) in [6, 6.07) is 0. The van der Waals surface area contributed by atoms with Crippen molar-refractivity contribution in [1.29, 1.82) is 0 Å². The summed E-state index contributed by atoms with van der Waals surface area (Å²) >= 11 is 0. The molecule has 0 atom stereocenters. The molecule has 0 aromatic carbocycles. The Bertz CT molecular complexity index is 264. The van der Waals surface area contributed by atoms with Gasteiger partial charge in [0, 0.05) is 12.3 Å². The summed E-state index contributed by atoms with van der Waals surface area (Å²) in [4.78, 5) is 4.45. The molecule has 0 bridgehead atoms. The fourth-order valence-corrected chi connectivity index (χ4v) is 1.38. The van der Waals surface area contributed by atoms with Crippen LogP contribution in [0.1, 0.15) is 36.8 Å². The molecule has 1 heterocycles. The van der Waals surface area contributed by atoms with E-state index in [4.69, 9.17) is 0 Å². The molecule has 1 aromatic rings. The molecule has 4 nitrogen and oxygen atoms in total. The Labute approximate surface area is 78.1 Å². The number of aryl methyl sites for hydroxylation is 1. The lowest BCUT2D eigenvalue weighted by Crippen LogP contribution is -2.08. The van der Waals surface area contributed by atoms with Crippen LogP contribution in [0, 0.1) is 0 Å². The highest BCUT2D eigenvalue weighted by Crippen LogP contribution is 2.37. The maximum atomic E-state index is 4.45. The van der Waals surface area contributed by atoms with E-state index < -0.39 is 0 Å². The second kappa shape index (κ2) is 3.87. The van der Waals surface area contributed by atoms with Crippen molar-refractivity contribution in [2.24, 2.45) is 0 Å². The molecule has 0 unspecified atom stereocenters. The summed E-state index contributed by atoms with van der Waals surface area (Å²) in [5.74, 6) is 2.73. The van der Waals surface area contributed by atoms with Crippen LogP contribution in [0.4, 0.5) is 0 Å². The van der Waals surface area contributed by atoms with E-state index in [0.717, 1.165) is 31.0 Å². The van der Waals surface area contributed by atoms with Crippen LogP contribution in [0.3, 0.4) is 0 Å². The molecule has 13 heavy (non-hydrogen) atoms. The largest absolute Gasteiger partial charge is 0.320 e. The minimum absolute atomic E-state index is 0.661. The Morgan fingerprint density at radius 3 is 3.08 bits per heavy atom. The van der Waals surface area contributed by atoms with E-state index in [1.54, 1.807) is 0 Å². The maximum Gasteiger partial charge on any atom is 0.153 e. The van der Waals surface area contributed by atoms with Crippen LogP contribution in [0.15, 0.2) is 0 Å². The number of aromatic amines is 1. The Morgan fingerprint density at radius 1 is 1.54 bits per heavy atom. The van der Waals surface area contributed by atoms with Crippen LogP contribution in [-0.4, -0.2) is 28.8 Å². The van der Waals surface area contributed by atoms with Crippen molar-refractivity contribution in [3.05, 3.63) is 11.6 Å².